The predicted molar refractivity (Wildman–Crippen MR) is 94.5 cm³/mol. The third-order valence-corrected chi connectivity index (χ3v) is 3.92. The highest BCUT2D eigenvalue weighted by Crippen LogP contribution is 2.16. The van der Waals surface area contributed by atoms with E-state index in [1.807, 2.05) is 0 Å². The second-order valence-corrected chi connectivity index (χ2v) is 6.39. The van der Waals surface area contributed by atoms with Gasteiger partial charge in [0.05, 0.1) is 6.54 Å². The number of ether oxygens (including phenoxy) is 1. The summed E-state index contributed by atoms with van der Waals surface area (Å²) in [6.45, 7) is 15.4. The van der Waals surface area contributed by atoms with Gasteiger partial charge in [-0.05, 0) is 45.2 Å². The Morgan fingerprint density at radius 2 is 2.14 bits per heavy atom. The summed E-state index contributed by atoms with van der Waals surface area (Å²) in [4.78, 5) is 7.29. The molecule has 1 rings (SSSR count). The molecule has 1 saturated heterocycles. The highest BCUT2D eigenvalue weighted by Gasteiger charge is 2.22. The van der Waals surface area contributed by atoms with Gasteiger partial charge in [0.2, 0.25) is 0 Å². The normalized spacial score (nSPS) is 19.9. The third kappa shape index (κ3) is 7.99. The van der Waals surface area contributed by atoms with Crippen LogP contribution in [0.15, 0.2) is 4.99 Å². The summed E-state index contributed by atoms with van der Waals surface area (Å²) in [6, 6.07) is 0.620. The van der Waals surface area contributed by atoms with Crippen LogP contribution < -0.4 is 10.6 Å². The average Bonchev–Trinajstić information content (AvgIpc) is 2.95. The number of hydrogen-bond donors (Lipinski definition) is 2. The zero-order valence-electron chi connectivity index (χ0n) is 15.0. The van der Waals surface area contributed by atoms with Gasteiger partial charge in [0.25, 0.3) is 0 Å². The number of likely N-dealkylation sites (N-methyl/N-ethyl adjacent to an activating group) is 1. The lowest BCUT2D eigenvalue weighted by molar-refractivity contribution is 0.108. The molecule has 0 radical (unpaired) electrons. The SMILES string of the molecule is CCNC(=NCC1CCCN1CC)NCCCOCC(C)C. The molecule has 5 heteroatoms. The van der Waals surface area contributed by atoms with Crippen molar-refractivity contribution >= 4 is 5.96 Å². The Bertz CT molecular complexity index is 307. The predicted octanol–water partition coefficient (Wildman–Crippen LogP) is 2.09. The van der Waals surface area contributed by atoms with Gasteiger partial charge in [-0.2, -0.15) is 0 Å². The molecule has 0 spiro atoms. The zero-order valence-corrected chi connectivity index (χ0v) is 15.0. The van der Waals surface area contributed by atoms with Crippen molar-refractivity contribution in [1.29, 1.82) is 0 Å². The summed E-state index contributed by atoms with van der Waals surface area (Å²) < 4.78 is 5.60. The van der Waals surface area contributed by atoms with E-state index in [1.54, 1.807) is 0 Å². The first kappa shape index (κ1) is 19.2. The highest BCUT2D eigenvalue weighted by molar-refractivity contribution is 5.79. The summed E-state index contributed by atoms with van der Waals surface area (Å²) in [5, 5.41) is 6.73. The Kier molecular flexibility index (Phi) is 10.2. The first-order chi connectivity index (χ1) is 10.7. The molecule has 0 aliphatic carbocycles. The molecule has 5 nitrogen and oxygen atoms in total. The van der Waals surface area contributed by atoms with Gasteiger partial charge in [-0.15, -0.1) is 0 Å². The summed E-state index contributed by atoms with van der Waals surface area (Å²) in [5.41, 5.74) is 0. The van der Waals surface area contributed by atoms with E-state index in [-0.39, 0.29) is 0 Å². The molecule has 2 N–H and O–H groups in total. The molecular formula is C17H36N4O. The number of hydrogen-bond acceptors (Lipinski definition) is 3. The first-order valence-electron chi connectivity index (χ1n) is 9.01. The summed E-state index contributed by atoms with van der Waals surface area (Å²) in [6.07, 6.45) is 3.60. The second-order valence-electron chi connectivity index (χ2n) is 6.39. The van der Waals surface area contributed by atoms with Gasteiger partial charge in [-0.25, -0.2) is 0 Å². The summed E-state index contributed by atoms with van der Waals surface area (Å²) >= 11 is 0. The van der Waals surface area contributed by atoms with Crippen molar-refractivity contribution in [2.75, 3.05) is 45.9 Å². The molecule has 0 bridgehead atoms. The number of likely N-dealkylation sites (tertiary alicyclic amines) is 1. The Morgan fingerprint density at radius 1 is 1.32 bits per heavy atom. The molecule has 0 saturated carbocycles. The van der Waals surface area contributed by atoms with Gasteiger partial charge in [-0.3, -0.25) is 9.89 Å². The zero-order chi connectivity index (χ0) is 16.2. The number of nitrogens with one attached hydrogen (secondary N) is 2. The van der Waals surface area contributed by atoms with E-state index >= 15 is 0 Å². The first-order valence-corrected chi connectivity index (χ1v) is 9.01. The fraction of sp³-hybridized carbons (Fsp3) is 0.941. The minimum Gasteiger partial charge on any atom is -0.381 e. The van der Waals surface area contributed by atoms with Crippen LogP contribution in [-0.4, -0.2) is 62.8 Å². The van der Waals surface area contributed by atoms with Crippen molar-refractivity contribution in [3.8, 4) is 0 Å². The van der Waals surface area contributed by atoms with E-state index in [4.69, 9.17) is 9.73 Å². The lowest BCUT2D eigenvalue weighted by atomic mass is 10.2. The smallest absolute Gasteiger partial charge is 0.191 e. The van der Waals surface area contributed by atoms with E-state index in [0.29, 0.717) is 12.0 Å². The fourth-order valence-electron chi connectivity index (χ4n) is 2.76. The van der Waals surface area contributed by atoms with Gasteiger partial charge in [0.1, 0.15) is 0 Å². The number of rotatable bonds is 10. The van der Waals surface area contributed by atoms with Crippen molar-refractivity contribution in [1.82, 2.24) is 15.5 Å². The van der Waals surface area contributed by atoms with Crippen LogP contribution in [0.4, 0.5) is 0 Å². The van der Waals surface area contributed by atoms with Crippen LogP contribution in [0.3, 0.4) is 0 Å². The van der Waals surface area contributed by atoms with Crippen LogP contribution >= 0.6 is 0 Å². The van der Waals surface area contributed by atoms with Gasteiger partial charge in [0, 0.05) is 32.3 Å². The molecule has 1 aliphatic heterocycles. The molecule has 22 heavy (non-hydrogen) atoms. The maximum absolute atomic E-state index is 5.60. The van der Waals surface area contributed by atoms with E-state index in [9.17, 15) is 0 Å². The van der Waals surface area contributed by atoms with Crippen molar-refractivity contribution in [3.05, 3.63) is 0 Å². The van der Waals surface area contributed by atoms with Crippen molar-refractivity contribution < 1.29 is 4.74 Å². The van der Waals surface area contributed by atoms with Crippen molar-refractivity contribution in [2.24, 2.45) is 10.9 Å². The maximum Gasteiger partial charge on any atom is 0.191 e. The third-order valence-electron chi connectivity index (χ3n) is 3.92. The quantitative estimate of drug-likeness (QED) is 0.368. The topological polar surface area (TPSA) is 48.9 Å². The molecule has 1 heterocycles. The molecule has 0 aromatic heterocycles. The Hall–Kier alpha value is -0.810. The van der Waals surface area contributed by atoms with Gasteiger partial charge >= 0.3 is 0 Å². The molecule has 0 aromatic carbocycles. The monoisotopic (exact) mass is 312 g/mol. The largest absolute Gasteiger partial charge is 0.381 e. The Balaban J connectivity index is 2.24. The molecule has 1 fully saturated rings. The maximum atomic E-state index is 5.60. The van der Waals surface area contributed by atoms with Gasteiger partial charge < -0.3 is 15.4 Å². The number of guanidine groups is 1. The lowest BCUT2D eigenvalue weighted by Gasteiger charge is -2.21. The summed E-state index contributed by atoms with van der Waals surface area (Å²) in [7, 11) is 0. The Labute approximate surface area is 136 Å². The van der Waals surface area contributed by atoms with Crippen LogP contribution in [-0.2, 0) is 4.74 Å². The van der Waals surface area contributed by atoms with Crippen LogP contribution in [0.1, 0.15) is 47.0 Å². The highest BCUT2D eigenvalue weighted by atomic mass is 16.5. The minimum atomic E-state index is 0.611. The molecule has 0 aromatic rings. The van der Waals surface area contributed by atoms with Crippen LogP contribution in [0.5, 0.6) is 0 Å². The standard InChI is InChI=1S/C17H36N4O/c1-5-18-17(19-10-8-12-22-14-15(3)4)20-13-16-9-7-11-21(16)6-2/h15-16H,5-14H2,1-4H3,(H2,18,19,20). The van der Waals surface area contributed by atoms with Gasteiger partial charge in [-0.1, -0.05) is 20.8 Å². The van der Waals surface area contributed by atoms with Crippen LogP contribution in [0.25, 0.3) is 0 Å². The van der Waals surface area contributed by atoms with Crippen LogP contribution in [0, 0.1) is 5.92 Å². The van der Waals surface area contributed by atoms with E-state index in [1.165, 1.54) is 19.4 Å². The van der Waals surface area contributed by atoms with Crippen LogP contribution in [0.2, 0.25) is 0 Å². The van der Waals surface area contributed by atoms with E-state index < -0.39 is 0 Å². The lowest BCUT2D eigenvalue weighted by Crippen LogP contribution is -2.39. The van der Waals surface area contributed by atoms with E-state index in [2.05, 4.69) is 43.2 Å². The molecule has 1 atom stereocenters. The molecule has 1 unspecified atom stereocenters. The molecule has 0 amide bonds. The molecule has 1 aliphatic rings. The Morgan fingerprint density at radius 3 is 2.82 bits per heavy atom. The van der Waals surface area contributed by atoms with E-state index in [0.717, 1.165) is 51.8 Å². The minimum absolute atomic E-state index is 0.611. The molecular weight excluding hydrogens is 276 g/mol. The number of nitrogens with zero attached hydrogens (tertiary/aromatic N) is 2. The fourth-order valence-corrected chi connectivity index (χ4v) is 2.76. The van der Waals surface area contributed by atoms with Crippen molar-refractivity contribution in [3.63, 3.8) is 0 Å². The van der Waals surface area contributed by atoms with Gasteiger partial charge in [0.15, 0.2) is 5.96 Å². The van der Waals surface area contributed by atoms with Crippen molar-refractivity contribution in [2.45, 2.75) is 53.0 Å². The number of aliphatic imine (C=N–C) groups is 1. The summed E-state index contributed by atoms with van der Waals surface area (Å²) in [5.74, 6) is 1.55. The molecule has 130 valence electrons. The average molecular weight is 313 g/mol. The second kappa shape index (κ2) is 11.7.